The van der Waals surface area contributed by atoms with Crippen molar-refractivity contribution in [2.24, 2.45) is 0 Å². The number of hydrogen-bond donors (Lipinski definition) is 0. The Labute approximate surface area is 183 Å². The van der Waals surface area contributed by atoms with Crippen molar-refractivity contribution in [2.75, 3.05) is 34.4 Å². The zero-order valence-corrected chi connectivity index (χ0v) is 18.9. The molecular weight excluding hydrogens is 390 g/mol. The van der Waals surface area contributed by atoms with Gasteiger partial charge in [0.25, 0.3) is 0 Å². The van der Waals surface area contributed by atoms with Crippen LogP contribution in [0.4, 0.5) is 0 Å². The number of carbonyl (C=O) groups is 1. The van der Waals surface area contributed by atoms with Crippen molar-refractivity contribution >= 4 is 17.0 Å². The largest absolute Gasteiger partial charge is 0.496 e. The van der Waals surface area contributed by atoms with Crippen molar-refractivity contribution in [3.8, 4) is 17.0 Å². The number of pyridine rings is 2. The highest BCUT2D eigenvalue weighted by Gasteiger charge is 2.24. The zero-order chi connectivity index (χ0) is 22.1. The summed E-state index contributed by atoms with van der Waals surface area (Å²) in [6, 6.07) is 9.84. The van der Waals surface area contributed by atoms with Crippen LogP contribution < -0.4 is 4.74 Å². The van der Waals surface area contributed by atoms with E-state index in [4.69, 9.17) is 19.4 Å². The first-order chi connectivity index (χ1) is 14.9. The van der Waals surface area contributed by atoms with Gasteiger partial charge in [0.15, 0.2) is 5.65 Å². The third-order valence-corrected chi connectivity index (χ3v) is 6.06. The predicted octanol–water partition coefficient (Wildman–Crippen LogP) is 4.52. The number of hydrogen-bond acceptors (Lipinski definition) is 6. The van der Waals surface area contributed by atoms with Crippen molar-refractivity contribution in [2.45, 2.75) is 32.6 Å². The molecule has 1 fully saturated rings. The maximum Gasteiger partial charge on any atom is 0.338 e. The van der Waals surface area contributed by atoms with E-state index in [1.807, 2.05) is 31.2 Å². The van der Waals surface area contributed by atoms with Crippen LogP contribution in [0.2, 0.25) is 0 Å². The number of fused-ring (bicyclic) bond motifs is 1. The quantitative estimate of drug-likeness (QED) is 0.580. The molecule has 0 spiro atoms. The third-order valence-electron chi connectivity index (χ3n) is 6.06. The van der Waals surface area contributed by atoms with Crippen LogP contribution in [-0.2, 0) is 4.74 Å². The lowest BCUT2D eigenvalue weighted by Gasteiger charge is -2.29. The second-order valence-corrected chi connectivity index (χ2v) is 8.41. The monoisotopic (exact) mass is 419 g/mol. The Kier molecular flexibility index (Phi) is 5.92. The number of piperidine rings is 1. The van der Waals surface area contributed by atoms with Crippen LogP contribution in [0.3, 0.4) is 0 Å². The van der Waals surface area contributed by atoms with E-state index in [0.717, 1.165) is 59.8 Å². The van der Waals surface area contributed by atoms with Crippen molar-refractivity contribution in [1.82, 2.24) is 14.9 Å². The first kappa shape index (κ1) is 21.2. The Bertz CT molecular complexity index is 1140. The first-order valence-electron chi connectivity index (χ1n) is 10.7. The Hall–Kier alpha value is -2.99. The normalized spacial score (nSPS) is 17.0. The van der Waals surface area contributed by atoms with Crippen molar-refractivity contribution < 1.29 is 14.3 Å². The molecule has 3 heterocycles. The van der Waals surface area contributed by atoms with E-state index in [1.54, 1.807) is 7.11 Å². The molecule has 1 aromatic carbocycles. The minimum absolute atomic E-state index is 0.271. The highest BCUT2D eigenvalue weighted by Crippen LogP contribution is 2.35. The lowest BCUT2D eigenvalue weighted by Crippen LogP contribution is -2.31. The number of aryl methyl sites for hydroxylation is 2. The van der Waals surface area contributed by atoms with Gasteiger partial charge in [-0.1, -0.05) is 6.07 Å². The molecule has 6 nitrogen and oxygen atoms in total. The Morgan fingerprint density at radius 2 is 1.94 bits per heavy atom. The molecule has 1 aliphatic rings. The number of nitrogens with zero attached hydrogens (tertiary/aromatic N) is 3. The molecule has 31 heavy (non-hydrogen) atoms. The molecule has 162 valence electrons. The van der Waals surface area contributed by atoms with E-state index in [9.17, 15) is 4.79 Å². The second-order valence-electron chi connectivity index (χ2n) is 8.41. The van der Waals surface area contributed by atoms with E-state index >= 15 is 0 Å². The van der Waals surface area contributed by atoms with Crippen LogP contribution in [-0.4, -0.2) is 55.2 Å². The van der Waals surface area contributed by atoms with E-state index in [0.29, 0.717) is 16.6 Å². The lowest BCUT2D eigenvalue weighted by molar-refractivity contribution is 0.0602. The van der Waals surface area contributed by atoms with Gasteiger partial charge in [-0.05, 0) is 75.7 Å². The van der Waals surface area contributed by atoms with Crippen LogP contribution in [0.1, 0.15) is 45.9 Å². The minimum atomic E-state index is -0.364. The average molecular weight is 420 g/mol. The third kappa shape index (κ3) is 4.12. The molecule has 2 aromatic heterocycles. The number of likely N-dealkylation sites (N-methyl/N-ethyl adjacent to an activating group) is 1. The predicted molar refractivity (Wildman–Crippen MR) is 122 cm³/mol. The number of rotatable bonds is 4. The summed E-state index contributed by atoms with van der Waals surface area (Å²) in [5.74, 6) is 0.687. The maximum atomic E-state index is 12.6. The van der Waals surface area contributed by atoms with Crippen LogP contribution in [0.5, 0.6) is 5.75 Å². The summed E-state index contributed by atoms with van der Waals surface area (Å²) in [5.41, 5.74) is 5.92. The van der Waals surface area contributed by atoms with E-state index < -0.39 is 0 Å². The minimum Gasteiger partial charge on any atom is -0.496 e. The molecule has 6 heteroatoms. The van der Waals surface area contributed by atoms with Crippen LogP contribution >= 0.6 is 0 Å². The van der Waals surface area contributed by atoms with Crippen LogP contribution in [0, 0.1) is 13.8 Å². The maximum absolute atomic E-state index is 12.6. The molecule has 1 unspecified atom stereocenters. The first-order valence-corrected chi connectivity index (χ1v) is 10.7. The number of esters is 1. The van der Waals surface area contributed by atoms with Crippen LogP contribution in [0.15, 0.2) is 30.3 Å². The molecule has 3 aromatic rings. The summed E-state index contributed by atoms with van der Waals surface area (Å²) in [4.78, 5) is 24.7. The van der Waals surface area contributed by atoms with Crippen molar-refractivity contribution in [1.29, 1.82) is 0 Å². The van der Waals surface area contributed by atoms with Gasteiger partial charge in [-0.15, -0.1) is 0 Å². The molecule has 0 N–H and O–H groups in total. The van der Waals surface area contributed by atoms with Gasteiger partial charge in [0.05, 0.1) is 25.5 Å². The summed E-state index contributed by atoms with van der Waals surface area (Å²) in [7, 11) is 5.20. The topological polar surface area (TPSA) is 64.5 Å². The van der Waals surface area contributed by atoms with Gasteiger partial charge in [-0.3, -0.25) is 0 Å². The highest BCUT2D eigenvalue weighted by molar-refractivity contribution is 6.03. The second kappa shape index (κ2) is 8.63. The van der Waals surface area contributed by atoms with Gasteiger partial charge in [0, 0.05) is 29.1 Å². The van der Waals surface area contributed by atoms with E-state index in [1.165, 1.54) is 7.11 Å². The fourth-order valence-electron chi connectivity index (χ4n) is 4.58. The molecule has 1 saturated heterocycles. The molecule has 1 aliphatic heterocycles. The molecule has 0 saturated carbocycles. The summed E-state index contributed by atoms with van der Waals surface area (Å²) < 4.78 is 10.7. The molecule has 0 bridgehead atoms. The van der Waals surface area contributed by atoms with Crippen molar-refractivity contribution in [3.63, 3.8) is 0 Å². The molecule has 4 rings (SSSR count). The summed E-state index contributed by atoms with van der Waals surface area (Å²) in [5, 5.41) is 0.701. The molecule has 0 radical (unpaired) electrons. The van der Waals surface area contributed by atoms with E-state index in [2.05, 4.69) is 24.9 Å². The van der Waals surface area contributed by atoms with E-state index in [-0.39, 0.29) is 11.9 Å². The summed E-state index contributed by atoms with van der Waals surface area (Å²) in [6.07, 6.45) is 2.16. The van der Waals surface area contributed by atoms with Crippen LogP contribution in [0.25, 0.3) is 22.3 Å². The Morgan fingerprint density at radius 1 is 1.13 bits per heavy atom. The number of likely N-dealkylation sites (tertiary alicyclic amines) is 1. The fraction of sp³-hybridized carbons (Fsp3) is 0.400. The fourth-order valence-corrected chi connectivity index (χ4v) is 4.58. The molecule has 0 aliphatic carbocycles. The van der Waals surface area contributed by atoms with Gasteiger partial charge in [0.1, 0.15) is 5.75 Å². The van der Waals surface area contributed by atoms with Gasteiger partial charge in [-0.2, -0.15) is 0 Å². The SMILES string of the molecule is COC(=O)c1cc(C2CCCN(C)C2)nc2nc(-c3c(C)cc(C)cc3OC)ccc12. The number of ether oxygens (including phenoxy) is 2. The standard InChI is InChI=1S/C25H29N3O3/c1-15-11-16(2)23(22(12-15)30-4)20-9-8-18-19(25(29)31-5)13-21(27-24(18)26-20)17-7-6-10-28(3)14-17/h8-9,11-13,17H,6-7,10,14H2,1-5H3. The number of methoxy groups -OCH3 is 2. The van der Waals surface area contributed by atoms with Crippen molar-refractivity contribution in [3.05, 3.63) is 52.7 Å². The number of carbonyl (C=O) groups excluding carboxylic acids is 1. The average Bonchev–Trinajstić information content (AvgIpc) is 2.76. The zero-order valence-electron chi connectivity index (χ0n) is 18.9. The summed E-state index contributed by atoms with van der Waals surface area (Å²) >= 11 is 0. The van der Waals surface area contributed by atoms with Gasteiger partial charge >= 0.3 is 5.97 Å². The molecular formula is C25H29N3O3. The Balaban J connectivity index is 1.90. The Morgan fingerprint density at radius 3 is 2.65 bits per heavy atom. The summed E-state index contributed by atoms with van der Waals surface area (Å²) in [6.45, 7) is 6.11. The van der Waals surface area contributed by atoms with Gasteiger partial charge in [0.2, 0.25) is 0 Å². The molecule has 0 amide bonds. The number of aromatic nitrogens is 2. The number of benzene rings is 1. The highest BCUT2D eigenvalue weighted by atomic mass is 16.5. The molecule has 1 atom stereocenters. The lowest BCUT2D eigenvalue weighted by atomic mass is 9.93. The van der Waals surface area contributed by atoms with Gasteiger partial charge in [-0.25, -0.2) is 14.8 Å². The van der Waals surface area contributed by atoms with Gasteiger partial charge < -0.3 is 14.4 Å². The smallest absolute Gasteiger partial charge is 0.338 e.